The van der Waals surface area contributed by atoms with Crippen molar-refractivity contribution in [2.24, 2.45) is 0 Å². The number of carboxylic acid groups (broad SMARTS) is 1. The Morgan fingerprint density at radius 3 is 2.93 bits per heavy atom. The number of aromatic nitrogens is 2. The summed E-state index contributed by atoms with van der Waals surface area (Å²) in [6, 6.07) is 0. The number of aryl methyl sites for hydroxylation is 1. The molecule has 0 aliphatic heterocycles. The zero-order valence-corrected chi connectivity index (χ0v) is 7.89. The van der Waals surface area contributed by atoms with E-state index in [0.29, 0.717) is 6.42 Å². The van der Waals surface area contributed by atoms with Crippen molar-refractivity contribution in [1.82, 2.24) is 10.2 Å². The first-order chi connectivity index (χ1) is 7.00. The van der Waals surface area contributed by atoms with Crippen molar-refractivity contribution in [2.45, 2.75) is 31.6 Å². The second-order valence-electron chi connectivity index (χ2n) is 3.67. The number of halogens is 2. The molecule has 15 heavy (non-hydrogen) atoms. The summed E-state index contributed by atoms with van der Waals surface area (Å²) >= 11 is 0. The molecular weight excluding hydrogens is 206 g/mol. The highest BCUT2D eigenvalue weighted by molar-refractivity contribution is 5.75. The van der Waals surface area contributed by atoms with E-state index in [9.17, 15) is 13.6 Å². The first-order valence-electron chi connectivity index (χ1n) is 4.67. The Bertz CT molecular complexity index is 401. The Balaban J connectivity index is 2.21. The van der Waals surface area contributed by atoms with E-state index >= 15 is 0 Å². The number of aromatic amines is 1. The SMILES string of the molecule is O=C(O)C(F)(F)Cc1n[nH]c2c1CCC2. The fourth-order valence-electron chi connectivity index (χ4n) is 1.82. The van der Waals surface area contributed by atoms with Crippen LogP contribution in [-0.2, 0) is 24.1 Å². The molecule has 0 spiro atoms. The molecule has 1 aromatic heterocycles. The summed E-state index contributed by atoms with van der Waals surface area (Å²) in [4.78, 5) is 10.3. The smallest absolute Gasteiger partial charge is 0.374 e. The lowest BCUT2D eigenvalue weighted by Crippen LogP contribution is -2.31. The van der Waals surface area contributed by atoms with Crippen LogP contribution in [0, 0.1) is 0 Å². The van der Waals surface area contributed by atoms with E-state index in [1.54, 1.807) is 0 Å². The number of hydrogen-bond donors (Lipinski definition) is 2. The molecule has 1 aromatic rings. The monoisotopic (exact) mass is 216 g/mol. The molecule has 0 bridgehead atoms. The van der Waals surface area contributed by atoms with Crippen LogP contribution in [0.3, 0.4) is 0 Å². The lowest BCUT2D eigenvalue weighted by Gasteiger charge is -2.09. The molecular formula is C9H10F2N2O2. The van der Waals surface area contributed by atoms with E-state index in [0.717, 1.165) is 24.1 Å². The lowest BCUT2D eigenvalue weighted by molar-refractivity contribution is -0.164. The van der Waals surface area contributed by atoms with Gasteiger partial charge in [0.25, 0.3) is 0 Å². The quantitative estimate of drug-likeness (QED) is 0.796. The maximum absolute atomic E-state index is 12.9. The fraction of sp³-hybridized carbons (Fsp3) is 0.556. The van der Waals surface area contributed by atoms with Crippen molar-refractivity contribution < 1.29 is 18.7 Å². The Morgan fingerprint density at radius 2 is 2.27 bits per heavy atom. The van der Waals surface area contributed by atoms with E-state index in [1.807, 2.05) is 0 Å². The minimum Gasteiger partial charge on any atom is -0.477 e. The van der Waals surface area contributed by atoms with Gasteiger partial charge in [0.05, 0.1) is 12.1 Å². The van der Waals surface area contributed by atoms with Gasteiger partial charge in [-0.1, -0.05) is 0 Å². The third-order valence-corrected chi connectivity index (χ3v) is 2.59. The molecule has 0 saturated carbocycles. The summed E-state index contributed by atoms with van der Waals surface area (Å²) in [5, 5.41) is 14.7. The summed E-state index contributed by atoms with van der Waals surface area (Å²) in [5.74, 6) is -5.83. The van der Waals surface area contributed by atoms with Gasteiger partial charge >= 0.3 is 11.9 Å². The molecule has 4 nitrogen and oxygen atoms in total. The van der Waals surface area contributed by atoms with Crippen LogP contribution >= 0.6 is 0 Å². The van der Waals surface area contributed by atoms with E-state index in [1.165, 1.54) is 0 Å². The number of aliphatic carboxylic acids is 1. The Labute approximate surface area is 84.3 Å². The van der Waals surface area contributed by atoms with Gasteiger partial charge in [-0.3, -0.25) is 5.10 Å². The summed E-state index contributed by atoms with van der Waals surface area (Å²) < 4.78 is 25.8. The first-order valence-corrected chi connectivity index (χ1v) is 4.67. The zero-order chi connectivity index (χ0) is 11.1. The number of nitrogens with zero attached hydrogens (tertiary/aromatic N) is 1. The van der Waals surface area contributed by atoms with Crippen molar-refractivity contribution >= 4 is 5.97 Å². The number of alkyl halides is 2. The number of carboxylic acids is 1. The van der Waals surface area contributed by atoms with Crippen LogP contribution < -0.4 is 0 Å². The van der Waals surface area contributed by atoms with Crippen LogP contribution in [0.2, 0.25) is 0 Å². The van der Waals surface area contributed by atoms with E-state index in [4.69, 9.17) is 5.11 Å². The normalized spacial score (nSPS) is 15.3. The van der Waals surface area contributed by atoms with Crippen molar-refractivity contribution in [3.63, 3.8) is 0 Å². The van der Waals surface area contributed by atoms with Gasteiger partial charge in [0.1, 0.15) is 0 Å². The van der Waals surface area contributed by atoms with Crippen LogP contribution in [0.25, 0.3) is 0 Å². The molecule has 0 saturated heterocycles. The number of rotatable bonds is 3. The molecule has 0 atom stereocenters. The fourth-order valence-corrected chi connectivity index (χ4v) is 1.82. The van der Waals surface area contributed by atoms with Gasteiger partial charge in [-0.2, -0.15) is 13.9 Å². The third-order valence-electron chi connectivity index (χ3n) is 2.59. The zero-order valence-electron chi connectivity index (χ0n) is 7.89. The average Bonchev–Trinajstić information content (AvgIpc) is 2.69. The molecule has 0 fully saturated rings. The number of nitrogens with one attached hydrogen (secondary N) is 1. The van der Waals surface area contributed by atoms with Gasteiger partial charge in [0, 0.05) is 5.69 Å². The van der Waals surface area contributed by atoms with Crippen molar-refractivity contribution in [3.8, 4) is 0 Å². The van der Waals surface area contributed by atoms with Crippen molar-refractivity contribution in [2.75, 3.05) is 0 Å². The standard InChI is InChI=1S/C9H10F2N2O2/c10-9(11,8(14)15)4-7-5-2-1-3-6(5)12-13-7/h1-4H2,(H,12,13)(H,14,15). The van der Waals surface area contributed by atoms with E-state index in [-0.39, 0.29) is 5.69 Å². The molecule has 1 heterocycles. The first kappa shape index (κ1) is 10.1. The molecule has 0 unspecified atom stereocenters. The highest BCUT2D eigenvalue weighted by atomic mass is 19.3. The maximum atomic E-state index is 12.9. The van der Waals surface area contributed by atoms with Gasteiger partial charge in [0.15, 0.2) is 0 Å². The van der Waals surface area contributed by atoms with Gasteiger partial charge in [-0.25, -0.2) is 4.79 Å². The molecule has 2 N–H and O–H groups in total. The van der Waals surface area contributed by atoms with Gasteiger partial charge in [0.2, 0.25) is 0 Å². The number of H-pyrrole nitrogens is 1. The minimum absolute atomic E-state index is 0.190. The van der Waals surface area contributed by atoms with Crippen LogP contribution in [-0.4, -0.2) is 27.2 Å². The number of hydrogen-bond acceptors (Lipinski definition) is 2. The number of carbonyl (C=O) groups is 1. The molecule has 1 aliphatic rings. The topological polar surface area (TPSA) is 66.0 Å². The molecule has 82 valence electrons. The van der Waals surface area contributed by atoms with Crippen LogP contribution in [0.4, 0.5) is 8.78 Å². The van der Waals surface area contributed by atoms with Crippen molar-refractivity contribution in [1.29, 1.82) is 0 Å². The van der Waals surface area contributed by atoms with Crippen molar-refractivity contribution in [3.05, 3.63) is 17.0 Å². The summed E-state index contributed by atoms with van der Waals surface area (Å²) in [7, 11) is 0. The molecule has 0 aromatic carbocycles. The predicted molar refractivity (Wildman–Crippen MR) is 46.9 cm³/mol. The third kappa shape index (κ3) is 1.71. The molecule has 0 amide bonds. The lowest BCUT2D eigenvalue weighted by atomic mass is 10.1. The molecule has 2 rings (SSSR count). The summed E-state index contributed by atoms with van der Waals surface area (Å²) in [5.41, 5.74) is 1.83. The minimum atomic E-state index is -3.73. The summed E-state index contributed by atoms with van der Waals surface area (Å²) in [6.07, 6.45) is 1.60. The maximum Gasteiger partial charge on any atom is 0.374 e. The van der Waals surface area contributed by atoms with Crippen LogP contribution in [0.5, 0.6) is 0 Å². The van der Waals surface area contributed by atoms with E-state index in [2.05, 4.69) is 10.2 Å². The Hall–Kier alpha value is -1.46. The van der Waals surface area contributed by atoms with Gasteiger partial charge in [-0.05, 0) is 24.8 Å². The van der Waals surface area contributed by atoms with Gasteiger partial charge < -0.3 is 5.11 Å². The molecule has 1 aliphatic carbocycles. The van der Waals surface area contributed by atoms with Crippen LogP contribution in [0.15, 0.2) is 0 Å². The van der Waals surface area contributed by atoms with Crippen LogP contribution in [0.1, 0.15) is 23.4 Å². The Morgan fingerprint density at radius 1 is 1.53 bits per heavy atom. The molecule has 6 heteroatoms. The number of fused-ring (bicyclic) bond motifs is 1. The second kappa shape index (κ2) is 3.29. The largest absolute Gasteiger partial charge is 0.477 e. The second-order valence-corrected chi connectivity index (χ2v) is 3.67. The highest BCUT2D eigenvalue weighted by Crippen LogP contribution is 2.27. The average molecular weight is 216 g/mol. The Kier molecular flexibility index (Phi) is 2.21. The highest BCUT2D eigenvalue weighted by Gasteiger charge is 2.40. The summed E-state index contributed by atoms with van der Waals surface area (Å²) in [6.45, 7) is 0. The predicted octanol–water partition coefficient (Wildman–Crippen LogP) is 1.16. The van der Waals surface area contributed by atoms with E-state index < -0.39 is 18.3 Å². The molecule has 0 radical (unpaired) electrons. The van der Waals surface area contributed by atoms with Gasteiger partial charge in [-0.15, -0.1) is 0 Å².